The van der Waals surface area contributed by atoms with Gasteiger partial charge in [0.25, 0.3) is 5.56 Å². The first-order chi connectivity index (χ1) is 10.7. The summed E-state index contributed by atoms with van der Waals surface area (Å²) in [7, 11) is 0. The molecule has 1 saturated heterocycles. The Balaban J connectivity index is 1.61. The van der Waals surface area contributed by atoms with Crippen molar-refractivity contribution in [2.45, 2.75) is 25.5 Å². The van der Waals surface area contributed by atoms with Gasteiger partial charge in [-0.25, -0.2) is 4.68 Å². The van der Waals surface area contributed by atoms with Crippen LogP contribution in [0.25, 0.3) is 10.6 Å². The highest BCUT2D eigenvalue weighted by Gasteiger charge is 2.22. The molecular weight excluding hydrogens is 302 g/mol. The first-order valence-electron chi connectivity index (χ1n) is 7.25. The van der Waals surface area contributed by atoms with E-state index in [1.54, 1.807) is 17.4 Å². The van der Waals surface area contributed by atoms with Gasteiger partial charge in [0.2, 0.25) is 5.91 Å². The Bertz CT molecular complexity index is 690. The molecule has 0 unspecified atom stereocenters. The number of carbonyl (C=O) groups excluding carboxylic acids is 1. The number of nitrogens with zero attached hydrogens (tertiary/aromatic N) is 2. The minimum absolute atomic E-state index is 0.111. The highest BCUT2D eigenvalue weighted by molar-refractivity contribution is 7.13. The van der Waals surface area contributed by atoms with Crippen molar-refractivity contribution in [2.75, 3.05) is 13.2 Å². The van der Waals surface area contributed by atoms with Crippen molar-refractivity contribution in [3.05, 3.63) is 40.0 Å². The van der Waals surface area contributed by atoms with E-state index in [2.05, 4.69) is 10.4 Å². The summed E-state index contributed by atoms with van der Waals surface area (Å²) in [6.45, 7) is 1.35. The summed E-state index contributed by atoms with van der Waals surface area (Å²) >= 11 is 1.57. The monoisotopic (exact) mass is 319 g/mol. The molecule has 1 atom stereocenters. The maximum absolute atomic E-state index is 11.8. The molecule has 1 aliphatic heterocycles. The Morgan fingerprint density at radius 1 is 1.45 bits per heavy atom. The molecule has 2 aromatic heterocycles. The summed E-state index contributed by atoms with van der Waals surface area (Å²) < 4.78 is 6.69. The third-order valence-electron chi connectivity index (χ3n) is 3.49. The van der Waals surface area contributed by atoms with E-state index in [4.69, 9.17) is 4.74 Å². The van der Waals surface area contributed by atoms with Crippen LogP contribution in [-0.4, -0.2) is 34.9 Å². The molecule has 1 N–H and O–H groups in total. The van der Waals surface area contributed by atoms with Gasteiger partial charge in [0.15, 0.2) is 0 Å². The van der Waals surface area contributed by atoms with Crippen LogP contribution in [0.2, 0.25) is 0 Å². The third-order valence-corrected chi connectivity index (χ3v) is 4.38. The molecule has 1 aliphatic rings. The summed E-state index contributed by atoms with van der Waals surface area (Å²) in [6.07, 6.45) is 1.34. The molecule has 116 valence electrons. The van der Waals surface area contributed by atoms with E-state index in [9.17, 15) is 9.59 Å². The quantitative estimate of drug-likeness (QED) is 0.901. The molecule has 22 heavy (non-hydrogen) atoms. The Morgan fingerprint density at radius 2 is 2.36 bits per heavy atom. The number of amides is 1. The number of hydrogen-bond acceptors (Lipinski definition) is 5. The fourth-order valence-corrected chi connectivity index (χ4v) is 3.04. The fourth-order valence-electron chi connectivity index (χ4n) is 2.35. The highest BCUT2D eigenvalue weighted by Crippen LogP contribution is 2.20. The molecule has 1 fully saturated rings. The first kappa shape index (κ1) is 14.9. The molecule has 0 radical (unpaired) electrons. The van der Waals surface area contributed by atoms with Gasteiger partial charge in [-0.2, -0.15) is 5.10 Å². The van der Waals surface area contributed by atoms with Crippen LogP contribution in [0.1, 0.15) is 12.8 Å². The maximum Gasteiger partial charge on any atom is 0.266 e. The normalized spacial score (nSPS) is 17.5. The molecule has 0 spiro atoms. The average molecular weight is 319 g/mol. The number of nitrogens with one attached hydrogen (secondary N) is 1. The summed E-state index contributed by atoms with van der Waals surface area (Å²) in [5.41, 5.74) is 0.590. The summed E-state index contributed by atoms with van der Waals surface area (Å²) in [4.78, 5) is 24.7. The maximum atomic E-state index is 11.8. The number of rotatable bonds is 5. The summed E-state index contributed by atoms with van der Waals surface area (Å²) in [5, 5.41) is 9.10. The van der Waals surface area contributed by atoms with Crippen molar-refractivity contribution in [2.24, 2.45) is 0 Å². The van der Waals surface area contributed by atoms with Crippen LogP contribution < -0.4 is 10.9 Å². The second-order valence-electron chi connectivity index (χ2n) is 5.05. The van der Waals surface area contributed by atoms with Crippen LogP contribution in [-0.2, 0) is 16.1 Å². The first-order valence-corrected chi connectivity index (χ1v) is 8.13. The second kappa shape index (κ2) is 6.85. The Kier molecular flexibility index (Phi) is 4.65. The van der Waals surface area contributed by atoms with E-state index in [1.165, 1.54) is 10.7 Å². The van der Waals surface area contributed by atoms with Gasteiger partial charge in [-0.1, -0.05) is 6.07 Å². The van der Waals surface area contributed by atoms with Crippen molar-refractivity contribution in [1.29, 1.82) is 0 Å². The van der Waals surface area contributed by atoms with E-state index in [1.807, 2.05) is 17.5 Å². The predicted molar refractivity (Wildman–Crippen MR) is 83.8 cm³/mol. The van der Waals surface area contributed by atoms with E-state index >= 15 is 0 Å². The molecule has 1 amide bonds. The predicted octanol–water partition coefficient (Wildman–Crippen LogP) is 1.27. The smallest absolute Gasteiger partial charge is 0.266 e. The number of aromatic nitrogens is 2. The molecule has 3 rings (SSSR count). The van der Waals surface area contributed by atoms with Gasteiger partial charge >= 0.3 is 0 Å². The van der Waals surface area contributed by atoms with Crippen molar-refractivity contribution in [3.63, 3.8) is 0 Å². The van der Waals surface area contributed by atoms with Crippen molar-refractivity contribution in [3.8, 4) is 10.6 Å². The lowest BCUT2D eigenvalue weighted by Crippen LogP contribution is -2.37. The lowest BCUT2D eigenvalue weighted by molar-refractivity contribution is -0.130. The standard InChI is InChI=1S/C15H17N3O3S/c19-14-6-5-11(13-4-2-10-22-13)17-18(14)8-7-16-15(20)12-3-1-9-21-12/h2,4-6,10,12H,1,3,7-9H2,(H,16,20)/t12-/m1/s1. The molecule has 0 aromatic carbocycles. The zero-order chi connectivity index (χ0) is 15.4. The number of carbonyl (C=O) groups is 1. The molecule has 2 aromatic rings. The Hall–Kier alpha value is -1.99. The second-order valence-corrected chi connectivity index (χ2v) is 6.00. The minimum atomic E-state index is -0.345. The number of ether oxygens (including phenoxy) is 1. The van der Waals surface area contributed by atoms with E-state index < -0.39 is 0 Å². The molecule has 0 saturated carbocycles. The van der Waals surface area contributed by atoms with Crippen molar-refractivity contribution < 1.29 is 9.53 Å². The van der Waals surface area contributed by atoms with Crippen LogP contribution in [0, 0.1) is 0 Å². The topological polar surface area (TPSA) is 73.2 Å². The molecule has 0 aliphatic carbocycles. The molecule has 0 bridgehead atoms. The molecule has 7 heteroatoms. The largest absolute Gasteiger partial charge is 0.368 e. The summed E-state index contributed by atoms with van der Waals surface area (Å²) in [6, 6.07) is 7.12. The van der Waals surface area contributed by atoms with Crippen molar-refractivity contribution >= 4 is 17.2 Å². The minimum Gasteiger partial charge on any atom is -0.368 e. The lowest BCUT2D eigenvalue weighted by atomic mass is 10.2. The zero-order valence-corrected chi connectivity index (χ0v) is 12.8. The molecule has 6 nitrogen and oxygen atoms in total. The van der Waals surface area contributed by atoms with Gasteiger partial charge < -0.3 is 10.1 Å². The van der Waals surface area contributed by atoms with Gasteiger partial charge in [-0.3, -0.25) is 9.59 Å². The van der Waals surface area contributed by atoms with Crippen LogP contribution in [0.3, 0.4) is 0 Å². The van der Waals surface area contributed by atoms with E-state index in [0.717, 1.165) is 23.4 Å². The fraction of sp³-hybridized carbons (Fsp3) is 0.400. The van der Waals surface area contributed by atoms with Crippen LogP contribution in [0.5, 0.6) is 0 Å². The van der Waals surface area contributed by atoms with Gasteiger partial charge in [0.1, 0.15) is 11.8 Å². The zero-order valence-electron chi connectivity index (χ0n) is 12.0. The number of thiophene rings is 1. The molecular formula is C15H17N3O3S. The SMILES string of the molecule is O=C(NCCn1nc(-c2cccs2)ccc1=O)[C@H]1CCCO1. The van der Waals surface area contributed by atoms with Crippen molar-refractivity contribution in [1.82, 2.24) is 15.1 Å². The van der Waals surface area contributed by atoms with Gasteiger partial charge in [-0.05, 0) is 30.4 Å². The van der Waals surface area contributed by atoms with E-state index in [-0.39, 0.29) is 17.6 Å². The highest BCUT2D eigenvalue weighted by atomic mass is 32.1. The van der Waals surface area contributed by atoms with Gasteiger partial charge in [0, 0.05) is 19.2 Å². The lowest BCUT2D eigenvalue weighted by Gasteiger charge is -2.11. The number of hydrogen-bond donors (Lipinski definition) is 1. The van der Waals surface area contributed by atoms with Crippen LogP contribution >= 0.6 is 11.3 Å². The van der Waals surface area contributed by atoms with Crippen LogP contribution in [0.15, 0.2) is 34.4 Å². The average Bonchev–Trinajstić information content (AvgIpc) is 3.22. The summed E-state index contributed by atoms with van der Waals surface area (Å²) in [5.74, 6) is -0.111. The van der Waals surface area contributed by atoms with E-state index in [0.29, 0.717) is 19.7 Å². The van der Waals surface area contributed by atoms with Gasteiger partial charge in [-0.15, -0.1) is 11.3 Å². The van der Waals surface area contributed by atoms with Gasteiger partial charge in [0.05, 0.1) is 11.4 Å². The Morgan fingerprint density at radius 3 is 3.09 bits per heavy atom. The molecule has 3 heterocycles. The van der Waals surface area contributed by atoms with Crippen LogP contribution in [0.4, 0.5) is 0 Å². The Labute approximate surface area is 131 Å². The third kappa shape index (κ3) is 3.42.